The number of Topliss-reactive ketones (excluding diaryl/α,β-unsaturated/α-hetero) is 1. The van der Waals surface area contributed by atoms with E-state index in [4.69, 9.17) is 11.6 Å². The number of alkyl halides is 1. The summed E-state index contributed by atoms with van der Waals surface area (Å²) in [5.74, 6) is -0.561. The Hall–Kier alpha value is -1.98. The second-order valence-corrected chi connectivity index (χ2v) is 6.43. The molecule has 0 unspecified atom stereocenters. The van der Waals surface area contributed by atoms with Gasteiger partial charge in [0.05, 0.1) is 11.4 Å². The summed E-state index contributed by atoms with van der Waals surface area (Å²) in [6, 6.07) is 8.17. The molecule has 1 aromatic carbocycles. The van der Waals surface area contributed by atoms with Gasteiger partial charge in [0.2, 0.25) is 5.78 Å². The topological polar surface area (TPSA) is 57.1 Å². The van der Waals surface area contributed by atoms with Crippen LogP contribution in [-0.4, -0.2) is 16.6 Å². The van der Waals surface area contributed by atoms with Crippen molar-refractivity contribution in [1.82, 2.24) is 4.98 Å². The number of nitrogens with zero attached hydrogens (tertiary/aromatic N) is 2. The van der Waals surface area contributed by atoms with Crippen molar-refractivity contribution in [2.75, 3.05) is 5.88 Å². The van der Waals surface area contributed by atoms with Crippen molar-refractivity contribution in [1.29, 1.82) is 0 Å². The molecular formula is C16H11ClN2O2S. The highest BCUT2D eigenvalue weighted by atomic mass is 35.5. The Morgan fingerprint density at radius 1 is 1.36 bits per heavy atom. The predicted octanol–water partition coefficient (Wildman–Crippen LogP) is 2.14. The first-order chi connectivity index (χ1) is 10.7. The van der Waals surface area contributed by atoms with E-state index >= 15 is 0 Å². The molecule has 1 aliphatic carbocycles. The lowest BCUT2D eigenvalue weighted by atomic mass is 9.90. The van der Waals surface area contributed by atoms with Gasteiger partial charge in [0.25, 0.3) is 6.33 Å². The van der Waals surface area contributed by atoms with Crippen molar-refractivity contribution in [3.63, 3.8) is 0 Å². The molecule has 0 radical (unpaired) electrons. The van der Waals surface area contributed by atoms with Crippen LogP contribution in [0.15, 0.2) is 30.6 Å². The highest BCUT2D eigenvalue weighted by molar-refractivity contribution is 7.18. The van der Waals surface area contributed by atoms with Crippen molar-refractivity contribution < 1.29 is 14.3 Å². The van der Waals surface area contributed by atoms with Crippen LogP contribution in [0.5, 0.6) is 5.06 Å². The van der Waals surface area contributed by atoms with E-state index in [1.807, 2.05) is 18.2 Å². The number of carbonyl (C=O) groups excluding carboxylic acids is 1. The third-order valence-electron chi connectivity index (χ3n) is 3.99. The number of ketones is 1. The average Bonchev–Trinajstić information content (AvgIpc) is 2.90. The number of benzene rings is 1. The first-order valence-corrected chi connectivity index (χ1v) is 8.26. The fourth-order valence-electron chi connectivity index (χ4n) is 2.99. The van der Waals surface area contributed by atoms with Gasteiger partial charge in [0.15, 0.2) is 16.2 Å². The molecule has 0 saturated carbocycles. The van der Waals surface area contributed by atoms with Crippen molar-refractivity contribution in [3.8, 4) is 16.3 Å². The molecule has 2 aromatic heterocycles. The zero-order valence-electron chi connectivity index (χ0n) is 11.5. The second-order valence-electron chi connectivity index (χ2n) is 5.20. The monoisotopic (exact) mass is 330 g/mol. The zero-order chi connectivity index (χ0) is 15.3. The molecule has 4 nitrogen and oxygen atoms in total. The molecule has 0 bridgehead atoms. The molecule has 1 aliphatic rings. The lowest BCUT2D eigenvalue weighted by Crippen LogP contribution is -2.31. The Bertz CT molecular complexity index is 920. The standard InChI is InChI=1S/C16H11ClN2O2S/c17-7-12(20)14-16(21)22-15-11-6-5-9-3-1-2-4-10(9)13(11)18-8-19(14)15/h1-4,8H,5-7H2. The molecule has 0 atom stereocenters. The van der Waals surface area contributed by atoms with E-state index < -0.39 is 0 Å². The van der Waals surface area contributed by atoms with Crippen LogP contribution >= 0.6 is 22.9 Å². The van der Waals surface area contributed by atoms with E-state index in [1.54, 1.807) is 10.7 Å². The molecule has 22 heavy (non-hydrogen) atoms. The summed E-state index contributed by atoms with van der Waals surface area (Å²) in [6.45, 7) is 0. The van der Waals surface area contributed by atoms with Gasteiger partial charge in [0, 0.05) is 10.6 Å². The van der Waals surface area contributed by atoms with E-state index in [2.05, 4.69) is 11.1 Å². The molecule has 0 saturated heterocycles. The zero-order valence-corrected chi connectivity index (χ0v) is 13.1. The third-order valence-corrected chi connectivity index (χ3v) is 5.25. The summed E-state index contributed by atoms with van der Waals surface area (Å²) < 4.78 is 1.60. The first-order valence-electron chi connectivity index (χ1n) is 6.91. The highest BCUT2D eigenvalue weighted by Crippen LogP contribution is 2.36. The number of carbonyl (C=O) groups is 1. The Morgan fingerprint density at radius 3 is 3.00 bits per heavy atom. The first kappa shape index (κ1) is 13.7. The molecule has 6 heteroatoms. The summed E-state index contributed by atoms with van der Waals surface area (Å²) in [5.41, 5.74) is 4.44. The number of rotatable bonds is 2. The van der Waals surface area contributed by atoms with Crippen LogP contribution < -0.4 is 9.51 Å². The average molecular weight is 331 g/mol. The number of halogens is 1. The number of hydrogen-bond donors (Lipinski definition) is 0. The Labute approximate surface area is 135 Å². The minimum atomic E-state index is -0.360. The Morgan fingerprint density at radius 2 is 2.18 bits per heavy atom. The molecule has 0 aliphatic heterocycles. The Balaban J connectivity index is 2.02. The largest absolute Gasteiger partial charge is 0.862 e. The fourth-order valence-corrected chi connectivity index (χ4v) is 4.16. The Kier molecular flexibility index (Phi) is 3.13. The van der Waals surface area contributed by atoms with E-state index in [1.165, 1.54) is 5.56 Å². The van der Waals surface area contributed by atoms with Crippen molar-refractivity contribution >= 4 is 33.6 Å². The van der Waals surface area contributed by atoms with Crippen LogP contribution in [0.2, 0.25) is 0 Å². The normalized spacial score (nSPS) is 13.0. The number of fused-ring (bicyclic) bond motifs is 5. The van der Waals surface area contributed by atoms with E-state index in [9.17, 15) is 9.90 Å². The minimum absolute atomic E-state index is 0.115. The molecular weight excluding hydrogens is 320 g/mol. The lowest BCUT2D eigenvalue weighted by Gasteiger charge is -2.14. The van der Waals surface area contributed by atoms with E-state index in [0.717, 1.165) is 45.8 Å². The van der Waals surface area contributed by atoms with Gasteiger partial charge >= 0.3 is 0 Å². The van der Waals surface area contributed by atoms with Crippen LogP contribution in [0.3, 0.4) is 0 Å². The van der Waals surface area contributed by atoms with Gasteiger partial charge in [-0.05, 0) is 23.4 Å². The summed E-state index contributed by atoms with van der Waals surface area (Å²) in [4.78, 5) is 17.2. The van der Waals surface area contributed by atoms with E-state index in [-0.39, 0.29) is 22.4 Å². The van der Waals surface area contributed by atoms with Gasteiger partial charge < -0.3 is 5.11 Å². The summed E-state index contributed by atoms with van der Waals surface area (Å²) in [6.07, 6.45) is 3.29. The number of hydrogen-bond acceptors (Lipinski definition) is 4. The second kappa shape index (κ2) is 5.04. The quantitative estimate of drug-likeness (QED) is 0.411. The molecule has 2 heterocycles. The lowest BCUT2D eigenvalue weighted by molar-refractivity contribution is -0.518. The van der Waals surface area contributed by atoms with Crippen LogP contribution in [0, 0.1) is 0 Å². The van der Waals surface area contributed by atoms with E-state index in [0.29, 0.717) is 0 Å². The number of thiazole rings is 1. The van der Waals surface area contributed by atoms with Crippen molar-refractivity contribution in [2.24, 2.45) is 0 Å². The maximum Gasteiger partial charge on any atom is 0.293 e. The number of aromatic nitrogens is 2. The maximum absolute atomic E-state index is 12.2. The molecule has 110 valence electrons. The molecule has 0 amide bonds. The van der Waals surface area contributed by atoms with Crippen molar-refractivity contribution in [2.45, 2.75) is 12.8 Å². The molecule has 0 spiro atoms. The van der Waals surface area contributed by atoms with Crippen LogP contribution in [0.1, 0.15) is 21.6 Å². The van der Waals surface area contributed by atoms with Crippen LogP contribution in [0.25, 0.3) is 16.1 Å². The molecule has 0 fully saturated rings. The van der Waals surface area contributed by atoms with Gasteiger partial charge in [-0.3, -0.25) is 4.79 Å². The van der Waals surface area contributed by atoms with Gasteiger partial charge in [-0.25, -0.2) is 0 Å². The summed E-state index contributed by atoms with van der Waals surface area (Å²) >= 11 is 6.71. The fraction of sp³-hybridized carbons (Fsp3) is 0.188. The van der Waals surface area contributed by atoms with Gasteiger partial charge in [0.1, 0.15) is 0 Å². The SMILES string of the molecule is O=C(CCl)c1c([O-])sc2c3c(nc[n+]12)-c1ccccc1CC3. The van der Waals surface area contributed by atoms with Gasteiger partial charge in [-0.15, -0.1) is 22.9 Å². The predicted molar refractivity (Wildman–Crippen MR) is 82.6 cm³/mol. The van der Waals surface area contributed by atoms with Gasteiger partial charge in [-0.1, -0.05) is 24.3 Å². The minimum Gasteiger partial charge on any atom is -0.862 e. The van der Waals surface area contributed by atoms with Crippen LogP contribution in [-0.2, 0) is 12.8 Å². The molecule has 3 aromatic rings. The maximum atomic E-state index is 12.2. The van der Waals surface area contributed by atoms with Gasteiger partial charge in [-0.2, -0.15) is 4.40 Å². The molecule has 4 rings (SSSR count). The third kappa shape index (κ3) is 1.86. The smallest absolute Gasteiger partial charge is 0.293 e. The molecule has 0 N–H and O–H groups in total. The van der Waals surface area contributed by atoms with Crippen molar-refractivity contribution in [3.05, 3.63) is 47.4 Å². The summed E-state index contributed by atoms with van der Waals surface area (Å²) in [7, 11) is 0. The number of aryl methyl sites for hydroxylation is 2. The highest BCUT2D eigenvalue weighted by Gasteiger charge is 2.28. The van der Waals surface area contributed by atoms with Crippen LogP contribution in [0.4, 0.5) is 0 Å². The summed E-state index contributed by atoms with van der Waals surface area (Å²) in [5, 5.41) is 11.9.